The van der Waals surface area contributed by atoms with E-state index in [1.165, 1.54) is 0 Å². The lowest BCUT2D eigenvalue weighted by molar-refractivity contribution is 0.00536. The SMILES string of the molecule is Cc1nn(-c2ccccc2)c(Oc2ccccc2)c1CN(CC(O)COCC(C)C)C1CC1. The van der Waals surface area contributed by atoms with Crippen LogP contribution in [0.4, 0.5) is 0 Å². The van der Waals surface area contributed by atoms with Gasteiger partial charge < -0.3 is 14.6 Å². The van der Waals surface area contributed by atoms with Crippen LogP contribution in [-0.2, 0) is 11.3 Å². The van der Waals surface area contributed by atoms with E-state index < -0.39 is 6.10 Å². The fourth-order valence-corrected chi connectivity index (χ4v) is 3.92. The van der Waals surface area contributed by atoms with E-state index in [0.717, 1.165) is 41.4 Å². The second-order valence-corrected chi connectivity index (χ2v) is 9.28. The summed E-state index contributed by atoms with van der Waals surface area (Å²) in [7, 11) is 0. The molecule has 176 valence electrons. The number of hydrogen-bond donors (Lipinski definition) is 1. The number of benzene rings is 2. The Labute approximate surface area is 196 Å². The van der Waals surface area contributed by atoms with Gasteiger partial charge in [0.15, 0.2) is 0 Å². The van der Waals surface area contributed by atoms with Crippen molar-refractivity contribution in [1.82, 2.24) is 14.7 Å². The summed E-state index contributed by atoms with van der Waals surface area (Å²) < 4.78 is 14.0. The van der Waals surface area contributed by atoms with Crippen molar-refractivity contribution in [2.45, 2.75) is 52.3 Å². The van der Waals surface area contributed by atoms with Gasteiger partial charge in [-0.3, -0.25) is 4.90 Å². The number of aliphatic hydroxyl groups is 1. The highest BCUT2D eigenvalue weighted by Crippen LogP contribution is 2.35. The number of nitrogens with zero attached hydrogens (tertiary/aromatic N) is 3. The van der Waals surface area contributed by atoms with Gasteiger partial charge in [0.1, 0.15) is 5.75 Å². The summed E-state index contributed by atoms with van der Waals surface area (Å²) in [6.45, 7) is 8.53. The molecule has 0 saturated heterocycles. The summed E-state index contributed by atoms with van der Waals surface area (Å²) in [5.74, 6) is 1.96. The first-order valence-electron chi connectivity index (χ1n) is 11.9. The van der Waals surface area contributed by atoms with Crippen molar-refractivity contribution in [2.24, 2.45) is 5.92 Å². The second-order valence-electron chi connectivity index (χ2n) is 9.28. The molecule has 1 heterocycles. The molecule has 2 aromatic carbocycles. The van der Waals surface area contributed by atoms with E-state index >= 15 is 0 Å². The average Bonchev–Trinajstić information content (AvgIpc) is 3.61. The van der Waals surface area contributed by atoms with E-state index in [1.54, 1.807) is 0 Å². The van der Waals surface area contributed by atoms with Crippen molar-refractivity contribution >= 4 is 0 Å². The molecule has 1 unspecified atom stereocenters. The minimum absolute atomic E-state index is 0.358. The van der Waals surface area contributed by atoms with E-state index in [4.69, 9.17) is 14.6 Å². The summed E-state index contributed by atoms with van der Waals surface area (Å²) in [4.78, 5) is 2.35. The van der Waals surface area contributed by atoms with Crippen LogP contribution in [-0.4, -0.2) is 51.7 Å². The second kappa shape index (κ2) is 11.0. The molecule has 0 spiro atoms. The number of hydrogen-bond acceptors (Lipinski definition) is 5. The molecular formula is C27H35N3O3. The minimum Gasteiger partial charge on any atom is -0.439 e. The fourth-order valence-electron chi connectivity index (χ4n) is 3.92. The smallest absolute Gasteiger partial charge is 0.227 e. The van der Waals surface area contributed by atoms with Crippen LogP contribution in [0.15, 0.2) is 60.7 Å². The van der Waals surface area contributed by atoms with E-state index in [2.05, 4.69) is 18.7 Å². The predicted octanol–water partition coefficient (Wildman–Crippen LogP) is 4.97. The Balaban J connectivity index is 1.58. The molecule has 1 fully saturated rings. The molecule has 1 N–H and O–H groups in total. The van der Waals surface area contributed by atoms with Crippen molar-refractivity contribution in [1.29, 1.82) is 0 Å². The zero-order valence-electron chi connectivity index (χ0n) is 19.9. The number of ether oxygens (including phenoxy) is 2. The van der Waals surface area contributed by atoms with Gasteiger partial charge in [-0.2, -0.15) is 5.10 Å². The fraction of sp³-hybridized carbons (Fsp3) is 0.444. The lowest BCUT2D eigenvalue weighted by atomic mass is 10.2. The quantitative estimate of drug-likeness (QED) is 0.423. The van der Waals surface area contributed by atoms with Crippen molar-refractivity contribution in [3.8, 4) is 17.3 Å². The lowest BCUT2D eigenvalue weighted by Gasteiger charge is -2.25. The van der Waals surface area contributed by atoms with E-state index in [1.807, 2.05) is 72.3 Å². The number of aryl methyl sites for hydroxylation is 1. The zero-order valence-corrected chi connectivity index (χ0v) is 19.9. The Morgan fingerprint density at radius 2 is 1.70 bits per heavy atom. The van der Waals surface area contributed by atoms with Crippen LogP contribution >= 0.6 is 0 Å². The third-order valence-electron chi connectivity index (χ3n) is 5.73. The highest BCUT2D eigenvalue weighted by molar-refractivity contribution is 5.43. The normalized spacial score (nSPS) is 14.7. The molecule has 0 aliphatic heterocycles. The first-order chi connectivity index (χ1) is 16.0. The Bertz CT molecular complexity index is 1000. The van der Waals surface area contributed by atoms with Crippen LogP contribution in [0, 0.1) is 12.8 Å². The first kappa shape index (κ1) is 23.5. The van der Waals surface area contributed by atoms with Gasteiger partial charge in [0.05, 0.1) is 29.7 Å². The molecule has 0 radical (unpaired) electrons. The van der Waals surface area contributed by atoms with Crippen LogP contribution in [0.5, 0.6) is 11.6 Å². The third-order valence-corrected chi connectivity index (χ3v) is 5.73. The molecule has 6 nitrogen and oxygen atoms in total. The molecule has 1 aliphatic carbocycles. The Hall–Kier alpha value is -2.67. The monoisotopic (exact) mass is 449 g/mol. The summed E-state index contributed by atoms with van der Waals surface area (Å²) in [6, 6.07) is 20.4. The topological polar surface area (TPSA) is 59.8 Å². The number of rotatable bonds is 12. The molecule has 4 rings (SSSR count). The van der Waals surface area contributed by atoms with Crippen LogP contribution in [0.2, 0.25) is 0 Å². The predicted molar refractivity (Wildman–Crippen MR) is 130 cm³/mol. The maximum atomic E-state index is 10.6. The van der Waals surface area contributed by atoms with Gasteiger partial charge >= 0.3 is 0 Å². The first-order valence-corrected chi connectivity index (χ1v) is 11.9. The molecule has 33 heavy (non-hydrogen) atoms. The summed E-state index contributed by atoms with van der Waals surface area (Å²) in [5, 5.41) is 15.5. The summed E-state index contributed by atoms with van der Waals surface area (Å²) in [6.07, 6.45) is 1.79. The van der Waals surface area contributed by atoms with Gasteiger partial charge in [0.25, 0.3) is 0 Å². The molecule has 1 saturated carbocycles. The lowest BCUT2D eigenvalue weighted by Crippen LogP contribution is -2.36. The molecule has 3 aromatic rings. The minimum atomic E-state index is -0.521. The van der Waals surface area contributed by atoms with Gasteiger partial charge in [-0.1, -0.05) is 50.2 Å². The van der Waals surface area contributed by atoms with Crippen LogP contribution in [0.1, 0.15) is 37.9 Å². The van der Waals surface area contributed by atoms with E-state index in [9.17, 15) is 5.11 Å². The molecule has 0 bridgehead atoms. The van der Waals surface area contributed by atoms with Crippen LogP contribution < -0.4 is 4.74 Å². The van der Waals surface area contributed by atoms with Gasteiger partial charge in [-0.25, -0.2) is 4.68 Å². The highest BCUT2D eigenvalue weighted by atomic mass is 16.5. The van der Waals surface area contributed by atoms with E-state index in [-0.39, 0.29) is 0 Å². The Morgan fingerprint density at radius 3 is 2.33 bits per heavy atom. The molecular weight excluding hydrogens is 414 g/mol. The summed E-state index contributed by atoms with van der Waals surface area (Å²) in [5.41, 5.74) is 2.93. The van der Waals surface area contributed by atoms with Crippen molar-refractivity contribution < 1.29 is 14.6 Å². The average molecular weight is 450 g/mol. The zero-order chi connectivity index (χ0) is 23.2. The standard InChI is InChI=1S/C27H35N3O3/c1-20(2)18-32-19-24(31)16-29(22-14-15-22)17-26-21(3)28-30(23-10-6-4-7-11-23)27(26)33-25-12-8-5-9-13-25/h4-13,20,22,24,31H,14-19H2,1-3H3. The number of aromatic nitrogens is 2. The number of para-hydroxylation sites is 2. The molecule has 1 aliphatic rings. The van der Waals surface area contributed by atoms with Crippen molar-refractivity contribution in [3.05, 3.63) is 71.9 Å². The molecule has 6 heteroatoms. The van der Waals surface area contributed by atoms with Gasteiger partial charge in [0, 0.05) is 25.7 Å². The van der Waals surface area contributed by atoms with Gasteiger partial charge in [0.2, 0.25) is 5.88 Å². The van der Waals surface area contributed by atoms with E-state index in [0.29, 0.717) is 38.3 Å². The summed E-state index contributed by atoms with van der Waals surface area (Å²) >= 11 is 0. The molecule has 1 atom stereocenters. The third kappa shape index (κ3) is 6.44. The highest BCUT2D eigenvalue weighted by Gasteiger charge is 2.32. The number of aliphatic hydroxyl groups excluding tert-OH is 1. The molecule has 1 aromatic heterocycles. The Morgan fingerprint density at radius 1 is 1.03 bits per heavy atom. The van der Waals surface area contributed by atoms with Gasteiger partial charge in [-0.15, -0.1) is 0 Å². The van der Waals surface area contributed by atoms with Crippen molar-refractivity contribution in [2.75, 3.05) is 19.8 Å². The maximum Gasteiger partial charge on any atom is 0.227 e. The molecule has 0 amide bonds. The van der Waals surface area contributed by atoms with Crippen LogP contribution in [0.3, 0.4) is 0 Å². The largest absolute Gasteiger partial charge is 0.439 e. The van der Waals surface area contributed by atoms with Gasteiger partial charge in [-0.05, 0) is 49.9 Å². The van der Waals surface area contributed by atoms with Crippen LogP contribution in [0.25, 0.3) is 5.69 Å². The Kier molecular flexibility index (Phi) is 7.81. The van der Waals surface area contributed by atoms with Crippen molar-refractivity contribution in [3.63, 3.8) is 0 Å². The maximum absolute atomic E-state index is 10.6.